The molecule has 112 valence electrons. The lowest BCUT2D eigenvalue weighted by molar-refractivity contribution is 0.627. The summed E-state index contributed by atoms with van der Waals surface area (Å²) < 4.78 is 0. The summed E-state index contributed by atoms with van der Waals surface area (Å²) in [5.74, 6) is 0. The number of nitrogens with one attached hydrogen (secondary N) is 1. The molecule has 2 rings (SSSR count). The molecule has 1 unspecified atom stereocenters. The molecular formula is C19H24ClN. The Kier molecular flexibility index (Phi) is 5.08. The number of hydrogen-bond acceptors (Lipinski definition) is 1. The topological polar surface area (TPSA) is 12.0 Å². The second-order valence-electron chi connectivity index (χ2n) is 5.79. The molecule has 2 aromatic carbocycles. The molecule has 21 heavy (non-hydrogen) atoms. The van der Waals surface area contributed by atoms with E-state index in [1.54, 1.807) is 0 Å². The second-order valence-corrected chi connectivity index (χ2v) is 6.20. The van der Waals surface area contributed by atoms with Crippen molar-refractivity contribution in [3.05, 3.63) is 68.7 Å². The summed E-state index contributed by atoms with van der Waals surface area (Å²) in [5, 5.41) is 4.45. The lowest BCUT2D eigenvalue weighted by Crippen LogP contribution is -2.23. The Hall–Kier alpha value is -1.31. The minimum Gasteiger partial charge on any atom is -0.307 e. The number of benzene rings is 2. The standard InChI is InChI=1S/C19H24ClN/c1-6-21-19(16-8-7-12(2)13(3)9-16)17-10-15(5)18(20)11-14(17)4/h7-11,19,21H,6H2,1-5H3. The van der Waals surface area contributed by atoms with Gasteiger partial charge in [-0.1, -0.05) is 42.8 Å². The van der Waals surface area contributed by atoms with Crippen molar-refractivity contribution in [3.8, 4) is 0 Å². The highest BCUT2D eigenvalue weighted by atomic mass is 35.5. The third-order valence-corrected chi connectivity index (χ3v) is 4.54. The highest BCUT2D eigenvalue weighted by molar-refractivity contribution is 6.31. The predicted molar refractivity (Wildman–Crippen MR) is 92.4 cm³/mol. The van der Waals surface area contributed by atoms with Crippen molar-refractivity contribution in [1.82, 2.24) is 5.32 Å². The smallest absolute Gasteiger partial charge is 0.0579 e. The van der Waals surface area contributed by atoms with Crippen LogP contribution < -0.4 is 5.32 Å². The van der Waals surface area contributed by atoms with Gasteiger partial charge in [0, 0.05) is 5.02 Å². The summed E-state index contributed by atoms with van der Waals surface area (Å²) in [6, 6.07) is 11.2. The first-order chi connectivity index (χ1) is 9.93. The largest absolute Gasteiger partial charge is 0.307 e. The SMILES string of the molecule is CCNC(c1ccc(C)c(C)c1)c1cc(C)c(Cl)cc1C. The summed E-state index contributed by atoms with van der Waals surface area (Å²) in [4.78, 5) is 0. The summed E-state index contributed by atoms with van der Waals surface area (Å²) in [6.07, 6.45) is 0. The highest BCUT2D eigenvalue weighted by Gasteiger charge is 2.17. The first kappa shape index (κ1) is 16.1. The molecule has 2 heteroatoms. The van der Waals surface area contributed by atoms with E-state index in [2.05, 4.69) is 70.3 Å². The molecule has 0 saturated carbocycles. The quantitative estimate of drug-likeness (QED) is 0.811. The number of hydrogen-bond donors (Lipinski definition) is 1. The average molecular weight is 302 g/mol. The summed E-state index contributed by atoms with van der Waals surface area (Å²) in [5.41, 5.74) is 7.64. The molecule has 0 spiro atoms. The van der Waals surface area contributed by atoms with Crippen LogP contribution in [0.2, 0.25) is 5.02 Å². The average Bonchev–Trinajstić information content (AvgIpc) is 2.44. The molecule has 0 aliphatic carbocycles. The zero-order valence-electron chi connectivity index (χ0n) is 13.5. The molecule has 0 bridgehead atoms. The predicted octanol–water partition coefficient (Wildman–Crippen LogP) is 5.27. The number of aryl methyl sites for hydroxylation is 4. The fourth-order valence-electron chi connectivity index (χ4n) is 2.67. The lowest BCUT2D eigenvalue weighted by atomic mass is 9.92. The van der Waals surface area contributed by atoms with Gasteiger partial charge in [0.2, 0.25) is 0 Å². The van der Waals surface area contributed by atoms with E-state index >= 15 is 0 Å². The molecule has 0 radical (unpaired) electrons. The van der Waals surface area contributed by atoms with E-state index in [1.165, 1.54) is 27.8 Å². The highest BCUT2D eigenvalue weighted by Crippen LogP contribution is 2.30. The van der Waals surface area contributed by atoms with Crippen LogP contribution in [0.25, 0.3) is 0 Å². The van der Waals surface area contributed by atoms with E-state index in [-0.39, 0.29) is 6.04 Å². The van der Waals surface area contributed by atoms with Crippen molar-refractivity contribution < 1.29 is 0 Å². The van der Waals surface area contributed by atoms with Crippen LogP contribution in [0.15, 0.2) is 30.3 Å². The molecule has 2 aromatic rings. The Morgan fingerprint density at radius 1 is 0.905 bits per heavy atom. The minimum atomic E-state index is 0.213. The van der Waals surface area contributed by atoms with Gasteiger partial charge in [0.1, 0.15) is 0 Å². The van der Waals surface area contributed by atoms with E-state index < -0.39 is 0 Å². The van der Waals surface area contributed by atoms with Gasteiger partial charge >= 0.3 is 0 Å². The van der Waals surface area contributed by atoms with Crippen LogP contribution in [0.4, 0.5) is 0 Å². The Morgan fingerprint density at radius 3 is 2.24 bits per heavy atom. The van der Waals surface area contributed by atoms with Crippen LogP contribution in [0.1, 0.15) is 46.3 Å². The monoisotopic (exact) mass is 301 g/mol. The third-order valence-electron chi connectivity index (χ3n) is 4.13. The van der Waals surface area contributed by atoms with Crippen LogP contribution >= 0.6 is 11.6 Å². The van der Waals surface area contributed by atoms with Crippen molar-refractivity contribution in [2.75, 3.05) is 6.54 Å². The van der Waals surface area contributed by atoms with Gasteiger partial charge in [0.25, 0.3) is 0 Å². The van der Waals surface area contributed by atoms with Crippen molar-refractivity contribution in [2.24, 2.45) is 0 Å². The Labute approximate surface area is 133 Å². The first-order valence-electron chi connectivity index (χ1n) is 7.51. The summed E-state index contributed by atoms with van der Waals surface area (Å²) in [6.45, 7) is 11.6. The molecular weight excluding hydrogens is 278 g/mol. The van der Waals surface area contributed by atoms with Gasteiger partial charge in [-0.25, -0.2) is 0 Å². The molecule has 1 nitrogen and oxygen atoms in total. The van der Waals surface area contributed by atoms with E-state index in [1.807, 2.05) is 0 Å². The minimum absolute atomic E-state index is 0.213. The zero-order valence-corrected chi connectivity index (χ0v) is 14.3. The number of halogens is 1. The maximum atomic E-state index is 6.24. The molecule has 1 atom stereocenters. The molecule has 1 N–H and O–H groups in total. The van der Waals surface area contributed by atoms with Gasteiger partial charge in [-0.05, 0) is 73.7 Å². The molecule has 0 saturated heterocycles. The molecule has 0 aliphatic heterocycles. The normalized spacial score (nSPS) is 12.5. The van der Waals surface area contributed by atoms with Crippen LogP contribution in [0, 0.1) is 27.7 Å². The maximum Gasteiger partial charge on any atom is 0.0579 e. The summed E-state index contributed by atoms with van der Waals surface area (Å²) >= 11 is 6.24. The van der Waals surface area contributed by atoms with Crippen molar-refractivity contribution in [2.45, 2.75) is 40.7 Å². The van der Waals surface area contributed by atoms with E-state index in [0.29, 0.717) is 0 Å². The van der Waals surface area contributed by atoms with E-state index in [0.717, 1.165) is 17.1 Å². The van der Waals surface area contributed by atoms with Crippen LogP contribution in [-0.2, 0) is 0 Å². The van der Waals surface area contributed by atoms with Gasteiger partial charge in [0.15, 0.2) is 0 Å². The fourth-order valence-corrected chi connectivity index (χ4v) is 2.89. The summed E-state index contributed by atoms with van der Waals surface area (Å²) in [7, 11) is 0. The lowest BCUT2D eigenvalue weighted by Gasteiger charge is -2.23. The van der Waals surface area contributed by atoms with Crippen LogP contribution in [-0.4, -0.2) is 6.54 Å². The van der Waals surface area contributed by atoms with Gasteiger partial charge < -0.3 is 5.32 Å². The van der Waals surface area contributed by atoms with Gasteiger partial charge in [-0.2, -0.15) is 0 Å². The molecule has 0 fully saturated rings. The van der Waals surface area contributed by atoms with Crippen molar-refractivity contribution in [3.63, 3.8) is 0 Å². The van der Waals surface area contributed by atoms with Crippen LogP contribution in [0.3, 0.4) is 0 Å². The van der Waals surface area contributed by atoms with Gasteiger partial charge in [0.05, 0.1) is 6.04 Å². The second kappa shape index (κ2) is 6.64. The zero-order chi connectivity index (χ0) is 15.6. The van der Waals surface area contributed by atoms with Crippen LogP contribution in [0.5, 0.6) is 0 Å². The first-order valence-corrected chi connectivity index (χ1v) is 7.89. The number of rotatable bonds is 4. The Morgan fingerprint density at radius 2 is 1.62 bits per heavy atom. The van der Waals surface area contributed by atoms with E-state index in [4.69, 9.17) is 11.6 Å². The molecule has 0 aromatic heterocycles. The Bertz CT molecular complexity index is 646. The van der Waals surface area contributed by atoms with Gasteiger partial charge in [-0.15, -0.1) is 0 Å². The molecule has 0 aliphatic rings. The van der Waals surface area contributed by atoms with E-state index in [9.17, 15) is 0 Å². The molecule has 0 amide bonds. The Balaban J connectivity index is 2.52. The van der Waals surface area contributed by atoms with Crippen molar-refractivity contribution in [1.29, 1.82) is 0 Å². The van der Waals surface area contributed by atoms with Crippen molar-refractivity contribution >= 4 is 11.6 Å². The molecule has 0 heterocycles. The van der Waals surface area contributed by atoms with Gasteiger partial charge in [-0.3, -0.25) is 0 Å². The maximum absolute atomic E-state index is 6.24. The fraction of sp³-hybridized carbons (Fsp3) is 0.368. The third kappa shape index (κ3) is 3.48.